The van der Waals surface area contributed by atoms with Gasteiger partial charge in [-0.25, -0.2) is 14.6 Å². The Morgan fingerprint density at radius 1 is 1.18 bits per heavy atom. The molecule has 0 radical (unpaired) electrons. The minimum Gasteiger partial charge on any atom is -0.464 e. The topological polar surface area (TPSA) is 133 Å². The molecule has 1 fully saturated rings. The van der Waals surface area contributed by atoms with E-state index in [-0.39, 0.29) is 41.8 Å². The molecule has 14 heteroatoms. The molecular weight excluding hydrogens is 495 g/mol. The van der Waals surface area contributed by atoms with Crippen LogP contribution in [0.4, 0.5) is 5.88 Å². The summed E-state index contributed by atoms with van der Waals surface area (Å²) in [5.74, 6) is -1.61. The normalized spacial score (nSPS) is 20.0. The highest BCUT2D eigenvalue weighted by Crippen LogP contribution is 2.52. The molecule has 34 heavy (non-hydrogen) atoms. The van der Waals surface area contributed by atoms with Crippen LogP contribution < -0.4 is 25.0 Å². The second-order valence-corrected chi connectivity index (χ2v) is 8.46. The van der Waals surface area contributed by atoms with Gasteiger partial charge in [-0.2, -0.15) is 0 Å². The molecule has 4 rings (SSSR count). The van der Waals surface area contributed by atoms with Gasteiger partial charge in [-0.05, 0) is 25.4 Å². The number of carbonyl (C=O) groups excluding carboxylic acids is 2. The lowest BCUT2D eigenvalue weighted by molar-refractivity contribution is -0.174. The van der Waals surface area contributed by atoms with Crippen LogP contribution in [-0.4, -0.2) is 55.2 Å². The summed E-state index contributed by atoms with van der Waals surface area (Å²) < 4.78 is 33.3. The van der Waals surface area contributed by atoms with E-state index in [1.165, 1.54) is 0 Å². The highest BCUT2D eigenvalue weighted by molar-refractivity contribution is 6.65. The quantitative estimate of drug-likeness (QED) is 0.297. The van der Waals surface area contributed by atoms with E-state index in [0.29, 0.717) is 24.0 Å². The number of halogens is 2. The van der Waals surface area contributed by atoms with E-state index in [2.05, 4.69) is 15.6 Å². The Morgan fingerprint density at radius 2 is 1.82 bits per heavy atom. The number of rotatable bonds is 8. The summed E-state index contributed by atoms with van der Waals surface area (Å²) in [6, 6.07) is 0. The van der Waals surface area contributed by atoms with E-state index in [1.807, 2.05) is 0 Å². The zero-order valence-corrected chi connectivity index (χ0v) is 20.4. The fourth-order valence-electron chi connectivity index (χ4n) is 3.58. The van der Waals surface area contributed by atoms with Crippen LogP contribution in [0, 0.1) is 0 Å². The van der Waals surface area contributed by atoms with E-state index in [1.54, 1.807) is 32.6 Å². The third-order valence-electron chi connectivity index (χ3n) is 4.91. The van der Waals surface area contributed by atoms with Gasteiger partial charge in [0.2, 0.25) is 23.2 Å². The van der Waals surface area contributed by atoms with Crippen LogP contribution in [0.2, 0.25) is 0 Å². The Kier molecular flexibility index (Phi) is 6.74. The maximum atomic E-state index is 12.3. The second-order valence-electron chi connectivity index (χ2n) is 7.75. The van der Waals surface area contributed by atoms with Gasteiger partial charge in [0.05, 0.1) is 25.6 Å². The molecule has 0 spiro atoms. The van der Waals surface area contributed by atoms with Gasteiger partial charge in [0.1, 0.15) is 12.8 Å². The SMILES string of the molecule is CCOC(=O)C(OCc1oc(N2CNC3=C(Cl)N=C(Cl)N[C@@H]32)c2c1OC(C)(C)O2)C(=O)OCC. The molecule has 0 aliphatic carbocycles. The molecule has 0 amide bonds. The van der Waals surface area contributed by atoms with Crippen LogP contribution in [-0.2, 0) is 30.4 Å². The standard InChI is InChI=1S/C20H24Cl2N4O8/c1-5-29-17(27)13(18(28)30-6-2)31-7-9-11-12(34-20(3,4)33-11)16(32-9)26-8-23-10-14(21)24-19(22)25-15(10)26/h13,15,23H,5-8H2,1-4H3,(H,24,25)/t15-/m1/s1. The molecule has 2 N–H and O–H groups in total. The van der Waals surface area contributed by atoms with Gasteiger partial charge < -0.3 is 38.7 Å². The molecule has 3 aliphatic rings. The summed E-state index contributed by atoms with van der Waals surface area (Å²) in [4.78, 5) is 30.3. The van der Waals surface area contributed by atoms with Crippen LogP contribution in [0.5, 0.6) is 11.5 Å². The number of furan rings is 1. The zero-order valence-electron chi connectivity index (χ0n) is 18.9. The van der Waals surface area contributed by atoms with Gasteiger partial charge in [0, 0.05) is 13.8 Å². The third-order valence-corrected chi connectivity index (χ3v) is 5.39. The average Bonchev–Trinajstić information content (AvgIpc) is 3.40. The molecule has 1 aromatic heterocycles. The van der Waals surface area contributed by atoms with E-state index in [4.69, 9.17) is 51.3 Å². The molecule has 0 bridgehead atoms. The number of esters is 2. The minimum absolute atomic E-state index is 0.0736. The fraction of sp³-hybridized carbons (Fsp3) is 0.550. The van der Waals surface area contributed by atoms with Crippen molar-refractivity contribution in [2.75, 3.05) is 24.8 Å². The van der Waals surface area contributed by atoms with Crippen LogP contribution in [0.1, 0.15) is 33.5 Å². The molecule has 3 aliphatic heterocycles. The van der Waals surface area contributed by atoms with Crippen molar-refractivity contribution in [3.05, 3.63) is 16.6 Å². The molecule has 1 saturated heterocycles. The number of aliphatic imine (C=N–C) groups is 1. The Labute approximate surface area is 205 Å². The number of anilines is 1. The largest absolute Gasteiger partial charge is 0.464 e. The summed E-state index contributed by atoms with van der Waals surface area (Å²) in [6.07, 6.45) is -2.09. The smallest absolute Gasteiger partial charge is 0.347 e. The highest BCUT2D eigenvalue weighted by atomic mass is 35.5. The lowest BCUT2D eigenvalue weighted by Crippen LogP contribution is -2.45. The summed E-state index contributed by atoms with van der Waals surface area (Å²) in [6.45, 7) is 6.84. The van der Waals surface area contributed by atoms with Crippen molar-refractivity contribution in [2.24, 2.45) is 4.99 Å². The Bertz CT molecular complexity index is 1040. The predicted molar refractivity (Wildman–Crippen MR) is 119 cm³/mol. The summed E-state index contributed by atoms with van der Waals surface area (Å²) >= 11 is 12.3. The molecule has 0 unspecified atom stereocenters. The van der Waals surface area contributed by atoms with E-state index < -0.39 is 30.0 Å². The first-order valence-corrected chi connectivity index (χ1v) is 11.3. The van der Waals surface area contributed by atoms with Crippen molar-refractivity contribution in [1.29, 1.82) is 0 Å². The van der Waals surface area contributed by atoms with Crippen molar-refractivity contribution in [1.82, 2.24) is 10.6 Å². The lowest BCUT2D eigenvalue weighted by atomic mass is 10.3. The molecule has 1 atom stereocenters. The first-order chi connectivity index (χ1) is 16.1. The van der Waals surface area contributed by atoms with Crippen molar-refractivity contribution in [3.63, 3.8) is 0 Å². The zero-order chi connectivity index (χ0) is 24.6. The van der Waals surface area contributed by atoms with Crippen LogP contribution in [0.3, 0.4) is 0 Å². The number of carbonyl (C=O) groups is 2. The van der Waals surface area contributed by atoms with Gasteiger partial charge >= 0.3 is 11.9 Å². The Hall–Kier alpha value is -2.83. The van der Waals surface area contributed by atoms with Gasteiger partial charge in [0.15, 0.2) is 16.2 Å². The van der Waals surface area contributed by atoms with Crippen molar-refractivity contribution in [2.45, 2.75) is 52.4 Å². The summed E-state index contributed by atoms with van der Waals surface area (Å²) in [5, 5.41) is 6.48. The van der Waals surface area contributed by atoms with Gasteiger partial charge in [-0.3, -0.25) is 4.90 Å². The van der Waals surface area contributed by atoms with E-state index in [9.17, 15) is 9.59 Å². The molecule has 12 nitrogen and oxygen atoms in total. The van der Waals surface area contributed by atoms with Crippen LogP contribution >= 0.6 is 23.2 Å². The number of ether oxygens (including phenoxy) is 5. The van der Waals surface area contributed by atoms with Crippen molar-refractivity contribution >= 4 is 46.3 Å². The van der Waals surface area contributed by atoms with Crippen molar-refractivity contribution in [3.8, 4) is 11.5 Å². The number of hydrogen-bond acceptors (Lipinski definition) is 12. The number of nitrogens with one attached hydrogen (secondary N) is 2. The number of fused-ring (bicyclic) bond motifs is 2. The van der Waals surface area contributed by atoms with E-state index >= 15 is 0 Å². The predicted octanol–water partition coefficient (Wildman–Crippen LogP) is 2.10. The average molecular weight is 519 g/mol. The Balaban J connectivity index is 1.61. The lowest BCUT2D eigenvalue weighted by Gasteiger charge is -2.27. The fourth-order valence-corrected chi connectivity index (χ4v) is 4.07. The van der Waals surface area contributed by atoms with Crippen LogP contribution in [0.15, 0.2) is 20.3 Å². The molecule has 0 saturated carbocycles. The van der Waals surface area contributed by atoms with Gasteiger partial charge in [-0.15, -0.1) is 0 Å². The number of hydrogen-bond donors (Lipinski definition) is 2. The third kappa shape index (κ3) is 4.57. The maximum Gasteiger partial charge on any atom is 0.347 e. The number of amidine groups is 1. The minimum atomic E-state index is -1.59. The monoisotopic (exact) mass is 518 g/mol. The first kappa shape index (κ1) is 24.3. The molecule has 4 heterocycles. The first-order valence-electron chi connectivity index (χ1n) is 10.5. The highest BCUT2D eigenvalue weighted by Gasteiger charge is 2.45. The molecule has 0 aromatic carbocycles. The second kappa shape index (κ2) is 9.43. The van der Waals surface area contributed by atoms with Gasteiger partial charge in [-0.1, -0.05) is 11.6 Å². The summed E-state index contributed by atoms with van der Waals surface area (Å²) in [5.41, 5.74) is 0.608. The summed E-state index contributed by atoms with van der Waals surface area (Å²) in [7, 11) is 0. The number of nitrogens with zero attached hydrogens (tertiary/aromatic N) is 2. The molecule has 186 valence electrons. The molecule has 1 aromatic rings. The van der Waals surface area contributed by atoms with Crippen LogP contribution in [0.25, 0.3) is 0 Å². The maximum absolute atomic E-state index is 12.3. The van der Waals surface area contributed by atoms with Crippen molar-refractivity contribution < 1.29 is 37.7 Å². The molecular formula is C20H24Cl2N4O8. The van der Waals surface area contributed by atoms with E-state index in [0.717, 1.165) is 0 Å². The van der Waals surface area contributed by atoms with Gasteiger partial charge in [0.25, 0.3) is 6.10 Å². The Morgan fingerprint density at radius 3 is 2.47 bits per heavy atom.